The summed E-state index contributed by atoms with van der Waals surface area (Å²) in [5, 5.41) is 5.80. The summed E-state index contributed by atoms with van der Waals surface area (Å²) in [5.74, 6) is 0. The van der Waals surface area contributed by atoms with Crippen LogP contribution in [-0.2, 0) is 11.3 Å². The molecule has 1 aliphatic heterocycles. The Morgan fingerprint density at radius 2 is 1.96 bits per heavy atom. The number of nitrogens with one attached hydrogen (secondary N) is 2. The summed E-state index contributed by atoms with van der Waals surface area (Å²) in [7, 11) is 0. The summed E-state index contributed by atoms with van der Waals surface area (Å²) in [6, 6.07) is 16.1. The van der Waals surface area contributed by atoms with E-state index in [-0.39, 0.29) is 12.1 Å². The van der Waals surface area contributed by atoms with E-state index in [2.05, 4.69) is 46.7 Å². The fourth-order valence-electron chi connectivity index (χ4n) is 3.09. The first-order chi connectivity index (χ1) is 12.6. The highest BCUT2D eigenvalue weighted by molar-refractivity contribution is 5.89. The van der Waals surface area contributed by atoms with Crippen LogP contribution in [0.3, 0.4) is 0 Å². The highest BCUT2D eigenvalue weighted by atomic mass is 16.5. The van der Waals surface area contributed by atoms with Crippen LogP contribution in [0.5, 0.6) is 0 Å². The zero-order valence-corrected chi connectivity index (χ0v) is 15.5. The molecular formula is C21H27N3O2. The monoisotopic (exact) mass is 353 g/mol. The van der Waals surface area contributed by atoms with E-state index in [0.717, 1.165) is 30.9 Å². The molecule has 138 valence electrons. The SMILES string of the molecule is Cc1ccc(NC(=O)NCC2CN(Cc3ccccc3)CCO2)cc1C. The molecule has 2 N–H and O–H groups in total. The maximum Gasteiger partial charge on any atom is 0.319 e. The van der Waals surface area contributed by atoms with Crippen LogP contribution in [0.2, 0.25) is 0 Å². The van der Waals surface area contributed by atoms with E-state index >= 15 is 0 Å². The Balaban J connectivity index is 1.44. The van der Waals surface area contributed by atoms with Crippen molar-refractivity contribution in [3.8, 4) is 0 Å². The highest BCUT2D eigenvalue weighted by Crippen LogP contribution is 2.14. The lowest BCUT2D eigenvalue weighted by atomic mass is 10.1. The van der Waals surface area contributed by atoms with Gasteiger partial charge in [0.2, 0.25) is 0 Å². The first-order valence-corrected chi connectivity index (χ1v) is 9.10. The van der Waals surface area contributed by atoms with Gasteiger partial charge in [0.25, 0.3) is 0 Å². The van der Waals surface area contributed by atoms with E-state index in [1.165, 1.54) is 11.1 Å². The average molecular weight is 353 g/mol. The maximum atomic E-state index is 12.1. The minimum Gasteiger partial charge on any atom is -0.374 e. The lowest BCUT2D eigenvalue weighted by Gasteiger charge is -2.33. The quantitative estimate of drug-likeness (QED) is 0.867. The number of ether oxygens (including phenoxy) is 1. The van der Waals surface area contributed by atoms with Crippen LogP contribution in [0, 0.1) is 13.8 Å². The molecule has 1 fully saturated rings. The first kappa shape index (κ1) is 18.4. The minimum atomic E-state index is -0.197. The van der Waals surface area contributed by atoms with Crippen molar-refractivity contribution in [3.05, 3.63) is 65.2 Å². The molecule has 2 aromatic rings. The zero-order chi connectivity index (χ0) is 18.4. The molecule has 5 heteroatoms. The normalized spacial score (nSPS) is 17.7. The van der Waals surface area contributed by atoms with E-state index in [9.17, 15) is 4.79 Å². The third-order valence-corrected chi connectivity index (χ3v) is 4.73. The number of nitrogens with zero attached hydrogens (tertiary/aromatic N) is 1. The number of carbonyl (C=O) groups excluding carboxylic acids is 1. The second-order valence-corrected chi connectivity index (χ2v) is 6.85. The summed E-state index contributed by atoms with van der Waals surface area (Å²) in [6.07, 6.45) is 0.0120. The molecule has 0 spiro atoms. The van der Waals surface area contributed by atoms with Crippen LogP contribution in [0.25, 0.3) is 0 Å². The van der Waals surface area contributed by atoms with E-state index < -0.39 is 0 Å². The van der Waals surface area contributed by atoms with Gasteiger partial charge in [-0.15, -0.1) is 0 Å². The van der Waals surface area contributed by atoms with Crippen molar-refractivity contribution in [2.24, 2.45) is 0 Å². The van der Waals surface area contributed by atoms with Gasteiger partial charge in [-0.05, 0) is 42.7 Å². The van der Waals surface area contributed by atoms with Gasteiger partial charge in [0, 0.05) is 31.9 Å². The Morgan fingerprint density at radius 3 is 2.73 bits per heavy atom. The molecule has 1 heterocycles. The molecule has 1 unspecified atom stereocenters. The number of rotatable bonds is 5. The van der Waals surface area contributed by atoms with Gasteiger partial charge < -0.3 is 15.4 Å². The number of morpholine rings is 1. The van der Waals surface area contributed by atoms with Crippen molar-refractivity contribution in [1.82, 2.24) is 10.2 Å². The van der Waals surface area contributed by atoms with Gasteiger partial charge in [-0.25, -0.2) is 4.79 Å². The van der Waals surface area contributed by atoms with Crippen molar-refractivity contribution in [2.45, 2.75) is 26.5 Å². The molecular weight excluding hydrogens is 326 g/mol. The van der Waals surface area contributed by atoms with Crippen LogP contribution in [0.4, 0.5) is 10.5 Å². The van der Waals surface area contributed by atoms with Crippen molar-refractivity contribution < 1.29 is 9.53 Å². The van der Waals surface area contributed by atoms with Crippen molar-refractivity contribution >= 4 is 11.7 Å². The predicted octanol–water partition coefficient (Wildman–Crippen LogP) is 3.33. The molecule has 0 aromatic heterocycles. The molecule has 0 saturated carbocycles. The van der Waals surface area contributed by atoms with Crippen LogP contribution in [0.1, 0.15) is 16.7 Å². The molecule has 0 bridgehead atoms. The second kappa shape index (κ2) is 8.83. The Labute approximate surface area is 155 Å². The number of urea groups is 1. The van der Waals surface area contributed by atoms with Crippen LogP contribution in [0.15, 0.2) is 48.5 Å². The Kier molecular flexibility index (Phi) is 6.26. The molecule has 3 rings (SSSR count). The molecule has 1 atom stereocenters. The van der Waals surface area contributed by atoms with Crippen molar-refractivity contribution in [1.29, 1.82) is 0 Å². The van der Waals surface area contributed by atoms with Crippen LogP contribution >= 0.6 is 0 Å². The number of hydrogen-bond donors (Lipinski definition) is 2. The van der Waals surface area contributed by atoms with Gasteiger partial charge in [0.1, 0.15) is 0 Å². The third kappa shape index (κ3) is 5.31. The summed E-state index contributed by atoms with van der Waals surface area (Å²) in [5.41, 5.74) is 4.48. The molecule has 1 saturated heterocycles. The third-order valence-electron chi connectivity index (χ3n) is 4.73. The second-order valence-electron chi connectivity index (χ2n) is 6.85. The van der Waals surface area contributed by atoms with Gasteiger partial charge in [0.15, 0.2) is 0 Å². The Bertz CT molecular complexity index is 733. The lowest BCUT2D eigenvalue weighted by molar-refractivity contribution is -0.0285. The van der Waals surface area contributed by atoms with Crippen molar-refractivity contribution in [3.63, 3.8) is 0 Å². The number of amides is 2. The molecule has 5 nitrogen and oxygen atoms in total. The molecule has 26 heavy (non-hydrogen) atoms. The van der Waals surface area contributed by atoms with Gasteiger partial charge in [0.05, 0.1) is 12.7 Å². The number of carbonyl (C=O) groups is 1. The number of aryl methyl sites for hydroxylation is 2. The fourth-order valence-corrected chi connectivity index (χ4v) is 3.09. The Hall–Kier alpha value is -2.37. The van der Waals surface area contributed by atoms with E-state index in [1.807, 2.05) is 31.2 Å². The summed E-state index contributed by atoms with van der Waals surface area (Å²) < 4.78 is 5.80. The zero-order valence-electron chi connectivity index (χ0n) is 15.5. The highest BCUT2D eigenvalue weighted by Gasteiger charge is 2.21. The number of hydrogen-bond acceptors (Lipinski definition) is 3. The molecule has 0 radical (unpaired) electrons. The fraction of sp³-hybridized carbons (Fsp3) is 0.381. The van der Waals surface area contributed by atoms with Gasteiger partial charge >= 0.3 is 6.03 Å². The Morgan fingerprint density at radius 1 is 1.15 bits per heavy atom. The van der Waals surface area contributed by atoms with Gasteiger partial charge in [-0.3, -0.25) is 4.90 Å². The topological polar surface area (TPSA) is 53.6 Å². The maximum absolute atomic E-state index is 12.1. The largest absolute Gasteiger partial charge is 0.374 e. The average Bonchev–Trinajstić information content (AvgIpc) is 2.64. The predicted molar refractivity (Wildman–Crippen MR) is 104 cm³/mol. The summed E-state index contributed by atoms with van der Waals surface area (Å²) >= 11 is 0. The lowest BCUT2D eigenvalue weighted by Crippen LogP contribution is -2.47. The van der Waals surface area contributed by atoms with E-state index in [0.29, 0.717) is 13.2 Å². The molecule has 0 aliphatic carbocycles. The first-order valence-electron chi connectivity index (χ1n) is 9.10. The van der Waals surface area contributed by atoms with Gasteiger partial charge in [-0.1, -0.05) is 36.4 Å². The minimum absolute atomic E-state index is 0.0120. The molecule has 2 aromatic carbocycles. The molecule has 1 aliphatic rings. The van der Waals surface area contributed by atoms with Crippen molar-refractivity contribution in [2.75, 3.05) is 31.6 Å². The van der Waals surface area contributed by atoms with Crippen LogP contribution in [-0.4, -0.2) is 43.3 Å². The van der Waals surface area contributed by atoms with Crippen LogP contribution < -0.4 is 10.6 Å². The smallest absolute Gasteiger partial charge is 0.319 e. The number of benzene rings is 2. The van der Waals surface area contributed by atoms with E-state index in [1.54, 1.807) is 0 Å². The standard InChI is InChI=1S/C21H27N3O2/c1-16-8-9-19(12-17(16)2)23-21(25)22-13-20-15-24(10-11-26-20)14-18-6-4-3-5-7-18/h3-9,12,20H,10-11,13-15H2,1-2H3,(H2,22,23,25). The summed E-state index contributed by atoms with van der Waals surface area (Å²) in [6.45, 7) is 7.94. The number of anilines is 1. The van der Waals surface area contributed by atoms with E-state index in [4.69, 9.17) is 4.74 Å². The summed E-state index contributed by atoms with van der Waals surface area (Å²) in [4.78, 5) is 14.5. The molecule has 2 amide bonds. The van der Waals surface area contributed by atoms with Gasteiger partial charge in [-0.2, -0.15) is 0 Å².